The van der Waals surface area contributed by atoms with Crippen LogP contribution < -0.4 is 5.32 Å². The van der Waals surface area contributed by atoms with Gasteiger partial charge >= 0.3 is 0 Å². The maximum Gasteiger partial charge on any atom is 0.0914 e. The molecule has 1 aliphatic rings. The highest BCUT2D eigenvalue weighted by molar-refractivity contribution is 6.30. The van der Waals surface area contributed by atoms with Gasteiger partial charge in [0.1, 0.15) is 0 Å². The van der Waals surface area contributed by atoms with Gasteiger partial charge in [-0.15, -0.1) is 0 Å². The van der Waals surface area contributed by atoms with E-state index in [0.717, 1.165) is 12.1 Å². The first-order chi connectivity index (χ1) is 9.16. The lowest BCUT2D eigenvalue weighted by Gasteiger charge is -2.24. The Morgan fingerprint density at radius 2 is 1.84 bits per heavy atom. The van der Waals surface area contributed by atoms with E-state index in [9.17, 15) is 5.11 Å². The van der Waals surface area contributed by atoms with Crippen molar-refractivity contribution in [2.75, 3.05) is 26.2 Å². The van der Waals surface area contributed by atoms with Crippen LogP contribution >= 0.6 is 11.6 Å². The summed E-state index contributed by atoms with van der Waals surface area (Å²) in [6.07, 6.45) is 2.17. The Labute approximate surface area is 120 Å². The third-order valence-corrected chi connectivity index (χ3v) is 4.05. The molecular formula is C15H23ClN2O. The molecule has 2 N–H and O–H groups in total. The standard InChI is InChI=1S/C15H23ClN2O/c1-12(18-8-2-3-9-18)10-17-11-15(19)13-4-6-14(16)7-5-13/h4-7,12,15,17,19H,2-3,8-11H2,1H3. The summed E-state index contributed by atoms with van der Waals surface area (Å²) in [7, 11) is 0. The van der Waals surface area contributed by atoms with Crippen molar-refractivity contribution in [1.29, 1.82) is 0 Å². The fourth-order valence-electron chi connectivity index (χ4n) is 2.54. The van der Waals surface area contributed by atoms with Crippen LogP contribution in [-0.4, -0.2) is 42.2 Å². The van der Waals surface area contributed by atoms with Gasteiger partial charge in [0.2, 0.25) is 0 Å². The Bertz CT molecular complexity index is 376. The zero-order valence-electron chi connectivity index (χ0n) is 11.5. The molecule has 1 aromatic rings. The summed E-state index contributed by atoms with van der Waals surface area (Å²) in [6.45, 7) is 6.17. The largest absolute Gasteiger partial charge is 0.387 e. The molecular weight excluding hydrogens is 260 g/mol. The minimum absolute atomic E-state index is 0.469. The molecule has 106 valence electrons. The van der Waals surface area contributed by atoms with Crippen molar-refractivity contribution in [3.8, 4) is 0 Å². The summed E-state index contributed by atoms with van der Waals surface area (Å²) in [5.74, 6) is 0. The number of rotatable bonds is 6. The molecule has 1 heterocycles. The third-order valence-electron chi connectivity index (χ3n) is 3.80. The van der Waals surface area contributed by atoms with Crippen LogP contribution in [0.25, 0.3) is 0 Å². The highest BCUT2D eigenvalue weighted by atomic mass is 35.5. The zero-order valence-corrected chi connectivity index (χ0v) is 12.2. The Hall–Kier alpha value is -0.610. The molecule has 0 aliphatic carbocycles. The Morgan fingerprint density at radius 1 is 1.21 bits per heavy atom. The highest BCUT2D eigenvalue weighted by Gasteiger charge is 2.17. The van der Waals surface area contributed by atoms with Gasteiger partial charge < -0.3 is 10.4 Å². The van der Waals surface area contributed by atoms with Crippen LogP contribution in [0.3, 0.4) is 0 Å². The molecule has 2 unspecified atom stereocenters. The van der Waals surface area contributed by atoms with Gasteiger partial charge in [-0.3, -0.25) is 4.90 Å². The maximum absolute atomic E-state index is 10.1. The Balaban J connectivity index is 1.71. The van der Waals surface area contributed by atoms with Crippen LogP contribution in [0.2, 0.25) is 5.02 Å². The van der Waals surface area contributed by atoms with E-state index in [0.29, 0.717) is 17.6 Å². The van der Waals surface area contributed by atoms with E-state index in [1.807, 2.05) is 24.3 Å². The predicted octanol–water partition coefficient (Wildman–Crippen LogP) is 2.45. The van der Waals surface area contributed by atoms with E-state index in [1.54, 1.807) is 0 Å². The van der Waals surface area contributed by atoms with Crippen LogP contribution in [0.1, 0.15) is 31.4 Å². The molecule has 1 aliphatic heterocycles. The van der Waals surface area contributed by atoms with Crippen molar-refractivity contribution in [2.45, 2.75) is 31.9 Å². The van der Waals surface area contributed by atoms with Crippen molar-refractivity contribution >= 4 is 11.6 Å². The van der Waals surface area contributed by atoms with Crippen LogP contribution in [0.5, 0.6) is 0 Å². The Morgan fingerprint density at radius 3 is 2.47 bits per heavy atom. The lowest BCUT2D eigenvalue weighted by atomic mass is 10.1. The Kier molecular flexibility index (Phi) is 5.64. The predicted molar refractivity (Wildman–Crippen MR) is 79.6 cm³/mol. The van der Waals surface area contributed by atoms with Gasteiger partial charge in [-0.05, 0) is 50.6 Å². The van der Waals surface area contributed by atoms with E-state index in [-0.39, 0.29) is 0 Å². The molecule has 1 fully saturated rings. The highest BCUT2D eigenvalue weighted by Crippen LogP contribution is 2.16. The van der Waals surface area contributed by atoms with E-state index < -0.39 is 6.10 Å². The molecule has 1 saturated heterocycles. The van der Waals surface area contributed by atoms with Crippen LogP contribution in [0, 0.1) is 0 Å². The SMILES string of the molecule is CC(CNCC(O)c1ccc(Cl)cc1)N1CCCC1. The number of nitrogens with zero attached hydrogens (tertiary/aromatic N) is 1. The van der Waals surface area contributed by atoms with Crippen molar-refractivity contribution in [3.63, 3.8) is 0 Å². The van der Waals surface area contributed by atoms with Gasteiger partial charge in [0.05, 0.1) is 6.10 Å². The van der Waals surface area contributed by atoms with Gasteiger partial charge in [-0.25, -0.2) is 0 Å². The number of hydrogen-bond donors (Lipinski definition) is 2. The molecule has 1 aromatic carbocycles. The fraction of sp³-hybridized carbons (Fsp3) is 0.600. The van der Waals surface area contributed by atoms with Crippen molar-refractivity contribution < 1.29 is 5.11 Å². The number of likely N-dealkylation sites (tertiary alicyclic amines) is 1. The van der Waals surface area contributed by atoms with Crippen molar-refractivity contribution in [3.05, 3.63) is 34.9 Å². The van der Waals surface area contributed by atoms with E-state index in [4.69, 9.17) is 11.6 Å². The minimum Gasteiger partial charge on any atom is -0.387 e. The quantitative estimate of drug-likeness (QED) is 0.841. The number of aliphatic hydroxyl groups excluding tert-OH is 1. The van der Waals surface area contributed by atoms with Gasteiger partial charge in [-0.1, -0.05) is 23.7 Å². The average Bonchev–Trinajstić information content (AvgIpc) is 2.93. The number of benzene rings is 1. The number of nitrogens with one attached hydrogen (secondary N) is 1. The van der Waals surface area contributed by atoms with E-state index in [1.165, 1.54) is 25.9 Å². The molecule has 0 radical (unpaired) electrons. The first-order valence-electron chi connectivity index (χ1n) is 7.05. The van der Waals surface area contributed by atoms with Crippen molar-refractivity contribution in [2.24, 2.45) is 0 Å². The lowest BCUT2D eigenvalue weighted by Crippen LogP contribution is -2.39. The summed E-state index contributed by atoms with van der Waals surface area (Å²) in [6, 6.07) is 7.91. The van der Waals surface area contributed by atoms with Crippen LogP contribution in [-0.2, 0) is 0 Å². The third kappa shape index (κ3) is 4.46. The molecule has 0 bridgehead atoms. The first kappa shape index (κ1) is 14.8. The second kappa shape index (κ2) is 7.25. The van der Waals surface area contributed by atoms with Gasteiger partial charge in [-0.2, -0.15) is 0 Å². The lowest BCUT2D eigenvalue weighted by molar-refractivity contribution is 0.168. The van der Waals surface area contributed by atoms with Gasteiger partial charge in [0.15, 0.2) is 0 Å². The van der Waals surface area contributed by atoms with Crippen LogP contribution in [0.15, 0.2) is 24.3 Å². The second-order valence-corrected chi connectivity index (χ2v) is 5.75. The molecule has 2 atom stereocenters. The molecule has 3 nitrogen and oxygen atoms in total. The summed E-state index contributed by atoms with van der Waals surface area (Å²) < 4.78 is 0. The zero-order chi connectivity index (χ0) is 13.7. The van der Waals surface area contributed by atoms with Gasteiger partial charge in [0.25, 0.3) is 0 Å². The molecule has 0 saturated carbocycles. The van der Waals surface area contributed by atoms with Gasteiger partial charge in [0, 0.05) is 24.2 Å². The molecule has 0 amide bonds. The summed E-state index contributed by atoms with van der Waals surface area (Å²) >= 11 is 5.83. The summed E-state index contributed by atoms with van der Waals surface area (Å²) in [5.41, 5.74) is 0.908. The smallest absolute Gasteiger partial charge is 0.0914 e. The first-order valence-corrected chi connectivity index (χ1v) is 7.43. The normalized spacial score (nSPS) is 19.5. The molecule has 0 spiro atoms. The monoisotopic (exact) mass is 282 g/mol. The van der Waals surface area contributed by atoms with Crippen LogP contribution in [0.4, 0.5) is 0 Å². The summed E-state index contributed by atoms with van der Waals surface area (Å²) in [5, 5.41) is 14.1. The molecule has 19 heavy (non-hydrogen) atoms. The fourth-order valence-corrected chi connectivity index (χ4v) is 2.67. The second-order valence-electron chi connectivity index (χ2n) is 5.32. The number of aliphatic hydroxyl groups is 1. The van der Waals surface area contributed by atoms with Crippen molar-refractivity contribution in [1.82, 2.24) is 10.2 Å². The van der Waals surface area contributed by atoms with E-state index in [2.05, 4.69) is 17.1 Å². The minimum atomic E-state index is -0.469. The molecule has 0 aromatic heterocycles. The molecule has 2 rings (SSSR count). The number of hydrogen-bond acceptors (Lipinski definition) is 3. The maximum atomic E-state index is 10.1. The van der Waals surface area contributed by atoms with E-state index >= 15 is 0 Å². The molecule has 4 heteroatoms. The summed E-state index contributed by atoms with van der Waals surface area (Å²) in [4.78, 5) is 2.50. The average molecular weight is 283 g/mol. The topological polar surface area (TPSA) is 35.5 Å². The number of halogens is 1.